The second kappa shape index (κ2) is 14.9. The molecule has 11 N–H and O–H groups in total. The van der Waals surface area contributed by atoms with Gasteiger partial charge < -0.3 is 55.9 Å². The molecule has 3 heterocycles. The first kappa shape index (κ1) is 36.7. The molecule has 0 atom stereocenters. The van der Waals surface area contributed by atoms with E-state index in [1.165, 1.54) is 0 Å². The predicted octanol–water partition coefficient (Wildman–Crippen LogP) is -6.90. The molecule has 9 nitrogen and oxygen atoms in total. The summed E-state index contributed by atoms with van der Waals surface area (Å²) in [5.74, 6) is 1.61. The fraction of sp³-hybridized carbons (Fsp3) is 0.267. The van der Waals surface area contributed by atoms with Gasteiger partial charge in [-0.15, -0.1) is 0 Å². The van der Waals surface area contributed by atoms with Gasteiger partial charge in [-0.3, -0.25) is 0 Å². The number of nitrogens with zero attached hydrogens (tertiary/aromatic N) is 5. The maximum atomic E-state index is 4.66. The second-order valence-electron chi connectivity index (χ2n) is 5.03. The zero-order valence-electron chi connectivity index (χ0n) is 15.4. The Bertz CT molecular complexity index is 737. The molecule has 0 spiro atoms. The van der Waals surface area contributed by atoms with Crippen LogP contribution in [0.3, 0.4) is 0 Å². The van der Waals surface area contributed by atoms with Gasteiger partial charge in [-0.05, 0) is 52.0 Å². The fourth-order valence-corrected chi connectivity index (χ4v) is 2.37. The zero-order valence-corrected chi connectivity index (χ0v) is 19.6. The summed E-state index contributed by atoms with van der Waals surface area (Å²) >= 11 is 0. The Balaban J connectivity index is -0.000000230. The molecule has 0 unspecified atom stereocenters. The van der Waals surface area contributed by atoms with E-state index in [0.717, 1.165) is 34.4 Å². The molecule has 0 fully saturated rings. The minimum atomic E-state index is 0. The van der Waals surface area contributed by atoms with Crippen molar-refractivity contribution in [2.24, 2.45) is 0 Å². The molecule has 0 bridgehead atoms. The van der Waals surface area contributed by atoms with Crippen molar-refractivity contribution in [2.75, 3.05) is 0 Å². The summed E-state index contributed by atoms with van der Waals surface area (Å²) in [6.45, 7) is 8.01. The molecule has 158 valence electrons. The molecule has 3 aromatic heterocycles. The van der Waals surface area contributed by atoms with E-state index in [2.05, 4.69) is 15.2 Å². The summed E-state index contributed by atoms with van der Waals surface area (Å²) in [4.78, 5) is 4.66. The van der Waals surface area contributed by atoms with Crippen molar-refractivity contribution in [3.05, 3.63) is 53.1 Å². The van der Waals surface area contributed by atoms with Gasteiger partial charge in [-0.1, -0.05) is 6.07 Å². The number of aromatic nitrogens is 5. The molecule has 0 saturated heterocycles. The molecule has 12 heteroatoms. The van der Waals surface area contributed by atoms with Crippen LogP contribution in [0.25, 0.3) is 11.6 Å². The summed E-state index contributed by atoms with van der Waals surface area (Å²) in [7, 11) is 0. The average Bonchev–Trinajstić information content (AvgIpc) is 2.91. The topological polar surface area (TPSA) is 179 Å². The van der Waals surface area contributed by atoms with E-state index in [9.17, 15) is 0 Å². The number of pyridine rings is 1. The minimum Gasteiger partial charge on any atom is -1.00 e. The predicted molar refractivity (Wildman–Crippen MR) is 95.7 cm³/mol. The van der Waals surface area contributed by atoms with Gasteiger partial charge in [0.05, 0.1) is 11.4 Å². The van der Waals surface area contributed by atoms with Gasteiger partial charge in [0.25, 0.3) is 0 Å². The van der Waals surface area contributed by atoms with Crippen molar-refractivity contribution >= 4 is 0 Å². The third kappa shape index (κ3) is 7.78. The van der Waals surface area contributed by atoms with Crippen molar-refractivity contribution in [1.29, 1.82) is 0 Å². The van der Waals surface area contributed by atoms with E-state index >= 15 is 0 Å². The molecule has 0 saturated carbocycles. The summed E-state index contributed by atoms with van der Waals surface area (Å²) in [6, 6.07) is 9.96. The van der Waals surface area contributed by atoms with Crippen molar-refractivity contribution in [2.45, 2.75) is 27.7 Å². The number of hydrogen-bond acceptors (Lipinski definition) is 3. The Morgan fingerprint density at radius 3 is 1.30 bits per heavy atom. The van der Waals surface area contributed by atoms with Crippen molar-refractivity contribution in [1.82, 2.24) is 24.5 Å². The fourth-order valence-electron chi connectivity index (χ4n) is 2.37. The number of aryl methyl sites for hydroxylation is 4. The largest absolute Gasteiger partial charge is 2.00 e. The van der Waals surface area contributed by atoms with E-state index in [0.29, 0.717) is 0 Å². The minimum absolute atomic E-state index is 0. The van der Waals surface area contributed by atoms with Gasteiger partial charge >= 0.3 is 16.5 Å². The molecular weight excluding hydrogens is 533 g/mol. The number of halogens is 2. The Labute approximate surface area is 188 Å². The molecule has 0 aromatic carbocycles. The van der Waals surface area contributed by atoms with Gasteiger partial charge in [-0.25, -0.2) is 14.3 Å². The van der Waals surface area contributed by atoms with Crippen LogP contribution in [0.5, 0.6) is 0 Å². The first-order chi connectivity index (χ1) is 9.54. The van der Waals surface area contributed by atoms with E-state index < -0.39 is 0 Å². The first-order valence-corrected chi connectivity index (χ1v) is 6.59. The SMILES string of the molecule is Cc1cc(C)n(-c2cccc(-n3nc(C)cc3C)n2)n1.O.[Br-].[Br-].[Ni+2].[OH3+].[OH3+].[OH3+]. The molecule has 0 amide bonds. The van der Waals surface area contributed by atoms with Crippen molar-refractivity contribution in [3.63, 3.8) is 0 Å². The average molecular weight is 561 g/mol. The Morgan fingerprint density at radius 2 is 1.04 bits per heavy atom. The third-order valence-corrected chi connectivity index (χ3v) is 3.17. The van der Waals surface area contributed by atoms with Gasteiger partial charge in [0.15, 0.2) is 11.6 Å². The molecule has 0 aliphatic carbocycles. The molecule has 0 aliphatic rings. The van der Waals surface area contributed by atoms with Gasteiger partial charge in [-0.2, -0.15) is 10.2 Å². The van der Waals surface area contributed by atoms with Crippen LogP contribution in [0.1, 0.15) is 22.8 Å². The Morgan fingerprint density at radius 1 is 0.704 bits per heavy atom. The summed E-state index contributed by atoms with van der Waals surface area (Å²) in [5, 5.41) is 8.93. The second-order valence-corrected chi connectivity index (χ2v) is 5.03. The maximum Gasteiger partial charge on any atom is 2.00 e. The van der Waals surface area contributed by atoms with Crippen LogP contribution in [0, 0.1) is 27.7 Å². The van der Waals surface area contributed by atoms with Crippen LogP contribution in [0.15, 0.2) is 30.3 Å². The Kier molecular flexibility index (Phi) is 20.2. The molecule has 0 radical (unpaired) electrons. The van der Waals surface area contributed by atoms with Crippen LogP contribution in [-0.4, -0.2) is 30.0 Å². The smallest absolute Gasteiger partial charge is 1.00 e. The van der Waals surface area contributed by atoms with Gasteiger partial charge in [0.1, 0.15) is 0 Å². The van der Waals surface area contributed by atoms with Crippen LogP contribution in [0.2, 0.25) is 0 Å². The van der Waals surface area contributed by atoms with E-state index in [-0.39, 0.29) is 72.4 Å². The van der Waals surface area contributed by atoms with Crippen molar-refractivity contribution < 1.29 is 72.4 Å². The summed E-state index contributed by atoms with van der Waals surface area (Å²) in [6.07, 6.45) is 0. The maximum absolute atomic E-state index is 4.66. The molecule has 27 heavy (non-hydrogen) atoms. The van der Waals surface area contributed by atoms with Gasteiger partial charge in [0, 0.05) is 11.4 Å². The van der Waals surface area contributed by atoms with Crippen LogP contribution < -0.4 is 34.0 Å². The summed E-state index contributed by atoms with van der Waals surface area (Å²) in [5.41, 5.74) is 4.11. The summed E-state index contributed by atoms with van der Waals surface area (Å²) < 4.78 is 3.70. The monoisotopic (exact) mass is 558 g/mol. The van der Waals surface area contributed by atoms with E-state index in [1.807, 2.05) is 67.4 Å². The van der Waals surface area contributed by atoms with Crippen LogP contribution in [0.4, 0.5) is 0 Å². The van der Waals surface area contributed by atoms with E-state index in [4.69, 9.17) is 0 Å². The molecule has 0 aliphatic heterocycles. The number of rotatable bonds is 2. The van der Waals surface area contributed by atoms with Crippen molar-refractivity contribution in [3.8, 4) is 11.6 Å². The van der Waals surface area contributed by atoms with Crippen LogP contribution >= 0.6 is 0 Å². The molecular formula is C15H28Br2N5NiO4+3. The molecule has 3 rings (SSSR count). The quantitative estimate of drug-likeness (QED) is 0.224. The standard InChI is InChI=1S/C15H17N5.2BrH.Ni.4H2O/c1-10-8-12(3)19(17-10)14-6-5-7-15(16-14)20-13(4)9-11(2)18-20;;;;;;;/h5-9H,1-4H3;2*1H;;4*1H2/q;;;+2;;;;/p+1. The van der Waals surface area contributed by atoms with Crippen LogP contribution in [-0.2, 0) is 32.9 Å². The Hall–Kier alpha value is -1.14. The zero-order chi connectivity index (χ0) is 14.3. The first-order valence-electron chi connectivity index (χ1n) is 6.59. The normalized spacial score (nSPS) is 8.15. The van der Waals surface area contributed by atoms with E-state index in [1.54, 1.807) is 0 Å². The molecule has 3 aromatic rings. The van der Waals surface area contributed by atoms with Gasteiger partial charge in [0.2, 0.25) is 0 Å². The third-order valence-electron chi connectivity index (χ3n) is 3.17. The number of hydrogen-bond donors (Lipinski definition) is 0.